The van der Waals surface area contributed by atoms with E-state index in [1.807, 2.05) is 6.07 Å². The highest BCUT2D eigenvalue weighted by atomic mass is 14.7. The standard InChI is InChI=1S/C12H14N2/c1-8-5-9(2)11-4-3-10(7-13)14-12(11)6-8/h3-6H,7,13H2,1-2H3. The van der Waals surface area contributed by atoms with E-state index in [9.17, 15) is 0 Å². The lowest BCUT2D eigenvalue weighted by atomic mass is 10.1. The van der Waals surface area contributed by atoms with E-state index in [0.717, 1.165) is 11.2 Å². The molecule has 0 aliphatic rings. The first kappa shape index (κ1) is 9.16. The second-order valence-electron chi connectivity index (χ2n) is 3.66. The van der Waals surface area contributed by atoms with Gasteiger partial charge in [0.15, 0.2) is 0 Å². The average Bonchev–Trinajstić information content (AvgIpc) is 2.16. The summed E-state index contributed by atoms with van der Waals surface area (Å²) in [5.41, 5.74) is 10.1. The van der Waals surface area contributed by atoms with Crippen LogP contribution >= 0.6 is 0 Å². The fourth-order valence-electron chi connectivity index (χ4n) is 1.75. The van der Waals surface area contributed by atoms with E-state index in [1.165, 1.54) is 16.5 Å². The highest BCUT2D eigenvalue weighted by Crippen LogP contribution is 2.18. The van der Waals surface area contributed by atoms with Crippen LogP contribution in [0.2, 0.25) is 0 Å². The molecule has 0 spiro atoms. The number of nitrogens with zero attached hydrogens (tertiary/aromatic N) is 1. The summed E-state index contributed by atoms with van der Waals surface area (Å²) in [5.74, 6) is 0. The third-order valence-electron chi connectivity index (χ3n) is 2.42. The Morgan fingerprint density at radius 1 is 1.21 bits per heavy atom. The second-order valence-corrected chi connectivity index (χ2v) is 3.66. The SMILES string of the molecule is Cc1cc(C)c2ccc(CN)nc2c1. The minimum Gasteiger partial charge on any atom is -0.325 e. The van der Waals surface area contributed by atoms with Gasteiger partial charge in [-0.25, -0.2) is 0 Å². The van der Waals surface area contributed by atoms with Crippen molar-refractivity contribution >= 4 is 10.9 Å². The quantitative estimate of drug-likeness (QED) is 0.742. The number of aryl methyl sites for hydroxylation is 2. The molecule has 1 aromatic heterocycles. The molecule has 0 amide bonds. The highest BCUT2D eigenvalue weighted by Gasteiger charge is 2.00. The number of hydrogen-bond donors (Lipinski definition) is 1. The van der Waals surface area contributed by atoms with Gasteiger partial charge in [0.05, 0.1) is 11.2 Å². The first-order valence-corrected chi connectivity index (χ1v) is 4.77. The van der Waals surface area contributed by atoms with Crippen molar-refractivity contribution in [3.8, 4) is 0 Å². The third kappa shape index (κ3) is 1.49. The molecule has 0 bridgehead atoms. The lowest BCUT2D eigenvalue weighted by molar-refractivity contribution is 1.01. The number of benzene rings is 1. The molecule has 0 aliphatic carbocycles. The van der Waals surface area contributed by atoms with Gasteiger partial charge in [0, 0.05) is 11.9 Å². The predicted molar refractivity (Wildman–Crippen MR) is 59.1 cm³/mol. The molecule has 2 rings (SSSR count). The molecule has 2 heteroatoms. The van der Waals surface area contributed by atoms with Gasteiger partial charge in [-0.2, -0.15) is 0 Å². The maximum atomic E-state index is 5.55. The molecule has 0 radical (unpaired) electrons. The Labute approximate surface area is 83.8 Å². The summed E-state index contributed by atoms with van der Waals surface area (Å²) >= 11 is 0. The summed E-state index contributed by atoms with van der Waals surface area (Å²) in [5, 5.41) is 1.22. The Kier molecular flexibility index (Phi) is 2.22. The second kappa shape index (κ2) is 3.39. The monoisotopic (exact) mass is 186 g/mol. The summed E-state index contributed by atoms with van der Waals surface area (Å²) in [6.07, 6.45) is 0. The molecule has 0 unspecified atom stereocenters. The number of aromatic nitrogens is 1. The van der Waals surface area contributed by atoms with E-state index < -0.39 is 0 Å². The van der Waals surface area contributed by atoms with Crippen LogP contribution in [0.5, 0.6) is 0 Å². The van der Waals surface area contributed by atoms with Gasteiger partial charge < -0.3 is 5.73 Å². The zero-order chi connectivity index (χ0) is 10.1. The summed E-state index contributed by atoms with van der Waals surface area (Å²) < 4.78 is 0. The lowest BCUT2D eigenvalue weighted by Crippen LogP contribution is -1.99. The van der Waals surface area contributed by atoms with Gasteiger partial charge in [0.1, 0.15) is 0 Å². The molecular formula is C12H14N2. The van der Waals surface area contributed by atoms with Crippen molar-refractivity contribution in [1.82, 2.24) is 4.98 Å². The number of pyridine rings is 1. The molecule has 0 fully saturated rings. The first-order valence-electron chi connectivity index (χ1n) is 4.77. The average molecular weight is 186 g/mol. The van der Waals surface area contributed by atoms with Crippen LogP contribution in [-0.4, -0.2) is 4.98 Å². The van der Waals surface area contributed by atoms with E-state index >= 15 is 0 Å². The zero-order valence-electron chi connectivity index (χ0n) is 8.54. The third-order valence-corrected chi connectivity index (χ3v) is 2.42. The van der Waals surface area contributed by atoms with Crippen molar-refractivity contribution in [2.45, 2.75) is 20.4 Å². The minimum atomic E-state index is 0.503. The van der Waals surface area contributed by atoms with E-state index in [2.05, 4.69) is 37.0 Å². The van der Waals surface area contributed by atoms with Gasteiger partial charge >= 0.3 is 0 Å². The van der Waals surface area contributed by atoms with Crippen molar-refractivity contribution < 1.29 is 0 Å². The van der Waals surface area contributed by atoms with E-state index in [-0.39, 0.29) is 0 Å². The van der Waals surface area contributed by atoms with Crippen LogP contribution in [0.1, 0.15) is 16.8 Å². The van der Waals surface area contributed by atoms with Crippen molar-refractivity contribution in [1.29, 1.82) is 0 Å². The van der Waals surface area contributed by atoms with Crippen LogP contribution < -0.4 is 5.73 Å². The number of nitrogens with two attached hydrogens (primary N) is 1. The molecule has 2 N–H and O–H groups in total. The normalized spacial score (nSPS) is 10.8. The number of fused-ring (bicyclic) bond motifs is 1. The molecule has 1 heterocycles. The molecular weight excluding hydrogens is 172 g/mol. The van der Waals surface area contributed by atoms with Gasteiger partial charge in [0.2, 0.25) is 0 Å². The summed E-state index contributed by atoms with van der Waals surface area (Å²) in [6.45, 7) is 4.70. The molecule has 2 aromatic rings. The summed E-state index contributed by atoms with van der Waals surface area (Å²) in [4.78, 5) is 4.49. The molecule has 0 atom stereocenters. The van der Waals surface area contributed by atoms with Gasteiger partial charge in [-0.1, -0.05) is 12.1 Å². The van der Waals surface area contributed by atoms with Crippen LogP contribution in [0.15, 0.2) is 24.3 Å². The maximum absolute atomic E-state index is 5.55. The maximum Gasteiger partial charge on any atom is 0.0711 e. The Morgan fingerprint density at radius 2 is 2.00 bits per heavy atom. The van der Waals surface area contributed by atoms with Crippen LogP contribution in [0.3, 0.4) is 0 Å². The molecule has 0 saturated heterocycles. The van der Waals surface area contributed by atoms with Crippen LogP contribution in [0.25, 0.3) is 10.9 Å². The minimum absolute atomic E-state index is 0.503. The van der Waals surface area contributed by atoms with Crippen molar-refractivity contribution in [2.24, 2.45) is 5.73 Å². The van der Waals surface area contributed by atoms with Crippen LogP contribution in [0.4, 0.5) is 0 Å². The zero-order valence-corrected chi connectivity index (χ0v) is 8.54. The molecule has 0 saturated carbocycles. The fraction of sp³-hybridized carbons (Fsp3) is 0.250. The molecule has 2 nitrogen and oxygen atoms in total. The van der Waals surface area contributed by atoms with Crippen molar-refractivity contribution in [2.75, 3.05) is 0 Å². The fourth-order valence-corrected chi connectivity index (χ4v) is 1.75. The van der Waals surface area contributed by atoms with Gasteiger partial charge in [0.25, 0.3) is 0 Å². The molecule has 72 valence electrons. The van der Waals surface area contributed by atoms with Crippen molar-refractivity contribution in [3.63, 3.8) is 0 Å². The summed E-state index contributed by atoms with van der Waals surface area (Å²) in [6, 6.07) is 8.36. The largest absolute Gasteiger partial charge is 0.325 e. The molecule has 14 heavy (non-hydrogen) atoms. The number of hydrogen-bond acceptors (Lipinski definition) is 2. The Balaban J connectivity index is 2.75. The van der Waals surface area contributed by atoms with Crippen LogP contribution in [-0.2, 0) is 6.54 Å². The smallest absolute Gasteiger partial charge is 0.0711 e. The highest BCUT2D eigenvalue weighted by molar-refractivity contribution is 5.82. The topological polar surface area (TPSA) is 38.9 Å². The van der Waals surface area contributed by atoms with Gasteiger partial charge in [-0.3, -0.25) is 4.98 Å². The van der Waals surface area contributed by atoms with Gasteiger partial charge in [-0.05, 0) is 37.1 Å². The summed E-state index contributed by atoms with van der Waals surface area (Å²) in [7, 11) is 0. The lowest BCUT2D eigenvalue weighted by Gasteiger charge is -2.05. The van der Waals surface area contributed by atoms with Crippen LogP contribution in [0, 0.1) is 13.8 Å². The van der Waals surface area contributed by atoms with E-state index in [1.54, 1.807) is 0 Å². The van der Waals surface area contributed by atoms with E-state index in [4.69, 9.17) is 5.73 Å². The van der Waals surface area contributed by atoms with Gasteiger partial charge in [-0.15, -0.1) is 0 Å². The number of rotatable bonds is 1. The first-order chi connectivity index (χ1) is 6.70. The Morgan fingerprint density at radius 3 is 2.71 bits per heavy atom. The molecule has 1 aromatic carbocycles. The molecule has 0 aliphatic heterocycles. The van der Waals surface area contributed by atoms with Crippen molar-refractivity contribution in [3.05, 3.63) is 41.1 Å². The Hall–Kier alpha value is -1.41. The van der Waals surface area contributed by atoms with E-state index in [0.29, 0.717) is 6.54 Å². The predicted octanol–water partition coefficient (Wildman–Crippen LogP) is 2.31. The Bertz CT molecular complexity index is 475.